The van der Waals surface area contributed by atoms with Crippen LogP contribution in [0.4, 0.5) is 5.69 Å². The average Bonchev–Trinajstić information content (AvgIpc) is 3.02. The van der Waals surface area contributed by atoms with Crippen LogP contribution < -0.4 is 15.8 Å². The zero-order valence-electron chi connectivity index (χ0n) is 25.6. The number of anilines is 1. The maximum absolute atomic E-state index is 13.8. The van der Waals surface area contributed by atoms with Crippen molar-refractivity contribution in [2.24, 2.45) is 0 Å². The van der Waals surface area contributed by atoms with Crippen LogP contribution in [0.3, 0.4) is 0 Å². The first-order chi connectivity index (χ1) is 21.9. The Hall–Kier alpha value is -4.33. The van der Waals surface area contributed by atoms with Gasteiger partial charge in [-0.1, -0.05) is 30.3 Å². The molecule has 12 nitrogen and oxygen atoms in total. The molecule has 0 saturated carbocycles. The highest BCUT2D eigenvalue weighted by Crippen LogP contribution is 2.52. The van der Waals surface area contributed by atoms with Crippen molar-refractivity contribution in [1.82, 2.24) is 5.32 Å². The number of ketones is 3. The fraction of sp³-hybridized carbons (Fsp3) is 0.382. The second-order valence-electron chi connectivity index (χ2n) is 12.2. The number of hydrogen-bond donors (Lipinski definition) is 6. The number of rotatable bonds is 7. The van der Waals surface area contributed by atoms with Crippen molar-refractivity contribution in [1.29, 1.82) is 0 Å². The fourth-order valence-corrected chi connectivity index (χ4v) is 6.76. The Morgan fingerprint density at radius 1 is 1.07 bits per heavy atom. The van der Waals surface area contributed by atoms with E-state index in [1.807, 2.05) is 18.2 Å². The zero-order valence-corrected chi connectivity index (χ0v) is 25.6. The lowest BCUT2D eigenvalue weighted by molar-refractivity contribution is -0.249. The molecule has 0 spiro atoms. The molecular weight excluding hydrogens is 596 g/mol. The Morgan fingerprint density at radius 3 is 2.48 bits per heavy atom. The van der Waals surface area contributed by atoms with Crippen LogP contribution in [0.15, 0.2) is 42.5 Å². The summed E-state index contributed by atoms with van der Waals surface area (Å²) in [5, 5.41) is 48.9. The molecule has 12 heteroatoms. The molecule has 2 aliphatic carbocycles. The molecule has 3 aliphatic rings. The van der Waals surface area contributed by atoms with Crippen LogP contribution in [0.25, 0.3) is 0 Å². The van der Waals surface area contributed by atoms with Gasteiger partial charge in [-0.25, -0.2) is 0 Å². The summed E-state index contributed by atoms with van der Waals surface area (Å²) in [5.41, 5.74) is 4.43. The number of methoxy groups -OCH3 is 1. The topological polar surface area (TPSA) is 198 Å². The van der Waals surface area contributed by atoms with Crippen molar-refractivity contribution in [3.05, 3.63) is 81.4 Å². The highest BCUT2D eigenvalue weighted by Gasteiger charge is 2.49. The smallest absolute Gasteiger partial charge is 0.202 e. The summed E-state index contributed by atoms with van der Waals surface area (Å²) < 4.78 is 17.6. The maximum atomic E-state index is 13.8. The van der Waals surface area contributed by atoms with Crippen LogP contribution >= 0.6 is 0 Å². The minimum atomic E-state index is -2.03. The number of carbonyl (C=O) groups excluding carboxylic acids is 3. The molecule has 46 heavy (non-hydrogen) atoms. The second-order valence-corrected chi connectivity index (χ2v) is 12.2. The van der Waals surface area contributed by atoms with Gasteiger partial charge in [0.1, 0.15) is 22.8 Å². The van der Waals surface area contributed by atoms with Crippen LogP contribution in [-0.4, -0.2) is 75.0 Å². The lowest BCUT2D eigenvalue weighted by Gasteiger charge is -2.43. The molecule has 0 bridgehead atoms. The monoisotopic (exact) mass is 632 g/mol. The summed E-state index contributed by atoms with van der Waals surface area (Å²) >= 11 is 0. The van der Waals surface area contributed by atoms with Gasteiger partial charge >= 0.3 is 0 Å². The minimum absolute atomic E-state index is 0.0177. The summed E-state index contributed by atoms with van der Waals surface area (Å²) in [6.45, 7) is 3.21. The van der Waals surface area contributed by atoms with Crippen molar-refractivity contribution >= 4 is 23.0 Å². The van der Waals surface area contributed by atoms with Gasteiger partial charge in [0, 0.05) is 54.2 Å². The van der Waals surface area contributed by atoms with E-state index in [1.165, 1.54) is 32.2 Å². The van der Waals surface area contributed by atoms with Crippen molar-refractivity contribution in [2.75, 3.05) is 12.8 Å². The van der Waals surface area contributed by atoms with Gasteiger partial charge in [-0.05, 0) is 31.5 Å². The molecule has 1 heterocycles. The van der Waals surface area contributed by atoms with Gasteiger partial charge in [0.2, 0.25) is 5.78 Å². The van der Waals surface area contributed by atoms with Crippen molar-refractivity contribution in [2.45, 2.75) is 75.9 Å². The zero-order chi connectivity index (χ0) is 33.1. The lowest BCUT2D eigenvalue weighted by Crippen LogP contribution is -2.54. The minimum Gasteiger partial charge on any atom is -0.507 e. The molecule has 3 aromatic rings. The maximum Gasteiger partial charge on any atom is 0.202 e. The second kappa shape index (κ2) is 11.8. The van der Waals surface area contributed by atoms with E-state index in [9.17, 15) is 34.8 Å². The standard InChI is InChI=1S/C34H36N2O10/c1-15-29(38)21(36-14-17-7-4-5-9-20(17)35)11-24(45-15)46-23-13-34(43,16(2)37)12-19-26(23)33(42)28-27(31(19)40)30(39)18-8-6-10-22(44-3)25(18)32(28)41/h4-10,15,21,23-24,29,36,38,40,42-43H,11-14,35H2,1-3H3/t15?,21?,23?,24?,29?,34-/m0/s1. The molecular formula is C34H36N2O10. The third kappa shape index (κ3) is 5.12. The number of fused-ring (bicyclic) bond motifs is 3. The Morgan fingerprint density at radius 2 is 1.78 bits per heavy atom. The number of ether oxygens (including phenoxy) is 3. The van der Waals surface area contributed by atoms with Gasteiger partial charge in [-0.2, -0.15) is 0 Å². The van der Waals surface area contributed by atoms with Crippen LogP contribution in [-0.2, 0) is 27.2 Å². The molecule has 6 rings (SSSR count). The van der Waals surface area contributed by atoms with Gasteiger partial charge in [0.25, 0.3) is 0 Å². The van der Waals surface area contributed by atoms with Gasteiger partial charge < -0.3 is 45.7 Å². The fourth-order valence-electron chi connectivity index (χ4n) is 6.76. The molecule has 1 aliphatic heterocycles. The molecule has 6 atom stereocenters. The predicted octanol–water partition coefficient (Wildman–Crippen LogP) is 2.44. The Balaban J connectivity index is 1.38. The molecule has 242 valence electrons. The highest BCUT2D eigenvalue weighted by molar-refractivity contribution is 6.31. The summed E-state index contributed by atoms with van der Waals surface area (Å²) in [7, 11) is 1.35. The number of nitrogen functional groups attached to an aromatic ring is 1. The van der Waals surface area contributed by atoms with E-state index in [0.717, 1.165) is 5.56 Å². The number of aliphatic hydroxyl groups excluding tert-OH is 1. The highest BCUT2D eigenvalue weighted by atomic mass is 16.7. The number of para-hydroxylation sites is 1. The number of phenolic OH excluding ortho intramolecular Hbond substituents is 2. The average molecular weight is 633 g/mol. The van der Waals surface area contributed by atoms with E-state index in [-0.39, 0.29) is 40.8 Å². The number of benzene rings is 3. The Kier molecular flexibility index (Phi) is 8.11. The SMILES string of the molecule is COc1cccc2c1C(=O)c1c(O)c3c(c(O)c1C2=O)C[C@@](O)(C(C)=O)CC3OC1CC(NCc2ccccc2N)C(O)C(C)O1. The van der Waals surface area contributed by atoms with Gasteiger partial charge in [0.15, 0.2) is 17.9 Å². The summed E-state index contributed by atoms with van der Waals surface area (Å²) in [6.07, 6.45) is -4.52. The predicted molar refractivity (Wildman–Crippen MR) is 164 cm³/mol. The normalized spacial score (nSPS) is 27.0. The first-order valence-electron chi connectivity index (χ1n) is 15.0. The molecule has 0 radical (unpaired) electrons. The quantitative estimate of drug-likeness (QED) is 0.129. The molecule has 0 aromatic heterocycles. The third-order valence-electron chi connectivity index (χ3n) is 9.36. The van der Waals surface area contributed by atoms with Crippen molar-refractivity contribution in [3.63, 3.8) is 0 Å². The molecule has 7 N–H and O–H groups in total. The number of aromatic hydroxyl groups is 2. The van der Waals surface area contributed by atoms with Crippen LogP contribution in [0, 0.1) is 0 Å². The molecule has 1 saturated heterocycles. The van der Waals surface area contributed by atoms with Gasteiger partial charge in [-0.15, -0.1) is 0 Å². The number of nitrogens with one attached hydrogen (secondary N) is 1. The first kappa shape index (κ1) is 31.6. The first-order valence-corrected chi connectivity index (χ1v) is 15.0. The van der Waals surface area contributed by atoms with Crippen molar-refractivity contribution < 1.29 is 49.0 Å². The van der Waals surface area contributed by atoms with E-state index < -0.39 is 82.6 Å². The number of carbonyl (C=O) groups is 3. The largest absolute Gasteiger partial charge is 0.507 e. The van der Waals surface area contributed by atoms with E-state index in [4.69, 9.17) is 19.9 Å². The molecule has 3 aromatic carbocycles. The van der Waals surface area contributed by atoms with Crippen LogP contribution in [0.1, 0.15) is 81.3 Å². The number of aliphatic hydroxyl groups is 2. The van der Waals surface area contributed by atoms with Gasteiger partial charge in [-0.3, -0.25) is 14.4 Å². The van der Waals surface area contributed by atoms with E-state index in [1.54, 1.807) is 13.0 Å². The van der Waals surface area contributed by atoms with E-state index in [0.29, 0.717) is 12.2 Å². The molecule has 5 unspecified atom stereocenters. The van der Waals surface area contributed by atoms with Crippen LogP contribution in [0.2, 0.25) is 0 Å². The molecule has 1 fully saturated rings. The number of phenols is 2. The van der Waals surface area contributed by atoms with Crippen molar-refractivity contribution in [3.8, 4) is 17.2 Å². The van der Waals surface area contributed by atoms with Crippen LogP contribution in [0.5, 0.6) is 17.2 Å². The third-order valence-corrected chi connectivity index (χ3v) is 9.36. The van der Waals surface area contributed by atoms with E-state index in [2.05, 4.69) is 5.32 Å². The lowest BCUT2D eigenvalue weighted by atomic mass is 9.72. The van der Waals surface area contributed by atoms with Gasteiger partial charge in [0.05, 0.1) is 42.1 Å². The van der Waals surface area contributed by atoms with E-state index >= 15 is 0 Å². The Bertz CT molecular complexity index is 1760. The number of Topliss-reactive ketones (excluding diaryl/α,β-unsaturated/α-hetero) is 1. The summed E-state index contributed by atoms with van der Waals surface area (Å²) in [6, 6.07) is 11.3. The summed E-state index contributed by atoms with van der Waals surface area (Å²) in [4.78, 5) is 40.2. The molecule has 0 amide bonds. The summed E-state index contributed by atoms with van der Waals surface area (Å²) in [5.74, 6) is -3.19. The number of nitrogens with two attached hydrogens (primary N) is 1. The number of hydrogen-bond acceptors (Lipinski definition) is 12. The Labute approximate surface area is 264 Å².